The molecule has 0 radical (unpaired) electrons. The Morgan fingerprint density at radius 2 is 1.88 bits per heavy atom. The van der Waals surface area contributed by atoms with Crippen LogP contribution in [-0.2, 0) is 15.0 Å². The molecular weight excluding hydrogens is 342 g/mol. The minimum atomic E-state index is -3.87. The van der Waals surface area contributed by atoms with Crippen molar-refractivity contribution < 1.29 is 17.9 Å². The number of carbonyl (C=O) groups excluding carboxylic acids is 1. The van der Waals surface area contributed by atoms with E-state index in [-0.39, 0.29) is 11.6 Å². The predicted molar refractivity (Wildman–Crippen MR) is 98.4 cm³/mol. The molecule has 0 atom stereocenters. The molecule has 7 nitrogen and oxygen atoms in total. The molecule has 0 aliphatic heterocycles. The smallest absolute Gasteiger partial charge is 0.296 e. The number of hydrogen-bond acceptors (Lipinski definition) is 4. The zero-order valence-corrected chi connectivity index (χ0v) is 14.4. The summed E-state index contributed by atoms with van der Waals surface area (Å²) in [6.07, 6.45) is 3.02. The van der Waals surface area contributed by atoms with Crippen LogP contribution in [0.1, 0.15) is 12.5 Å². The van der Waals surface area contributed by atoms with E-state index in [4.69, 9.17) is 9.88 Å². The molecule has 0 bridgehead atoms. The Bertz CT molecular complexity index is 879. The zero-order chi connectivity index (χ0) is 18.3. The van der Waals surface area contributed by atoms with Crippen LogP contribution < -0.4 is 19.9 Å². The van der Waals surface area contributed by atoms with E-state index in [0.717, 1.165) is 5.56 Å². The Balaban J connectivity index is 2.07. The largest absolute Gasteiger partial charge is 0.493 e. The maximum absolute atomic E-state index is 12.0. The summed E-state index contributed by atoms with van der Waals surface area (Å²) in [6.45, 7) is 2.41. The lowest BCUT2D eigenvalue weighted by Crippen LogP contribution is -2.21. The van der Waals surface area contributed by atoms with Crippen molar-refractivity contribution in [1.29, 1.82) is 0 Å². The monoisotopic (exact) mass is 361 g/mol. The van der Waals surface area contributed by atoms with Crippen molar-refractivity contribution in [3.63, 3.8) is 0 Å². The fourth-order valence-corrected chi connectivity index (χ4v) is 2.53. The van der Waals surface area contributed by atoms with E-state index in [1.807, 2.05) is 31.2 Å². The van der Waals surface area contributed by atoms with Crippen LogP contribution in [0.3, 0.4) is 0 Å². The molecule has 2 aromatic rings. The quantitative estimate of drug-likeness (QED) is 0.657. The predicted octanol–water partition coefficient (Wildman–Crippen LogP) is 2.35. The maximum Gasteiger partial charge on any atom is 0.296 e. The molecule has 0 heterocycles. The zero-order valence-electron chi connectivity index (χ0n) is 13.6. The molecule has 0 saturated carbocycles. The lowest BCUT2D eigenvalue weighted by atomic mass is 10.2. The molecule has 0 saturated heterocycles. The molecule has 1 amide bonds. The summed E-state index contributed by atoms with van der Waals surface area (Å²) in [5, 5.41) is 7.57. The topological polar surface area (TPSA) is 111 Å². The minimum absolute atomic E-state index is 0.256. The first-order valence-corrected chi connectivity index (χ1v) is 9.03. The first kappa shape index (κ1) is 18.5. The van der Waals surface area contributed by atoms with Crippen LogP contribution in [0.4, 0.5) is 11.4 Å². The van der Waals surface area contributed by atoms with Crippen molar-refractivity contribution in [2.75, 3.05) is 16.6 Å². The van der Waals surface area contributed by atoms with Gasteiger partial charge in [-0.2, -0.15) is 8.42 Å². The SMILES string of the molecule is CCOc1ccccc1C=CC(=O)Nc1cccc(NS(N)(=O)=O)c1. The normalized spacial score (nSPS) is 11.3. The highest BCUT2D eigenvalue weighted by Crippen LogP contribution is 2.20. The van der Waals surface area contributed by atoms with Gasteiger partial charge < -0.3 is 10.1 Å². The molecule has 0 aliphatic rings. The molecule has 0 unspecified atom stereocenters. The van der Waals surface area contributed by atoms with Crippen LogP contribution in [0.2, 0.25) is 0 Å². The highest BCUT2D eigenvalue weighted by Gasteiger charge is 2.05. The van der Waals surface area contributed by atoms with Crippen molar-refractivity contribution in [3.8, 4) is 5.75 Å². The van der Waals surface area contributed by atoms with Crippen molar-refractivity contribution in [2.24, 2.45) is 5.14 Å². The molecular formula is C17H19N3O4S. The number of anilines is 2. The van der Waals surface area contributed by atoms with E-state index in [9.17, 15) is 13.2 Å². The molecule has 0 aromatic heterocycles. The summed E-state index contributed by atoms with van der Waals surface area (Å²) in [5.41, 5.74) is 1.47. The van der Waals surface area contributed by atoms with Gasteiger partial charge in [-0.1, -0.05) is 24.3 Å². The number of benzene rings is 2. The fraction of sp³-hybridized carbons (Fsp3) is 0.118. The van der Waals surface area contributed by atoms with Gasteiger partial charge in [0.05, 0.1) is 12.3 Å². The van der Waals surface area contributed by atoms with E-state index in [1.54, 1.807) is 18.2 Å². The third kappa shape index (κ3) is 6.28. The van der Waals surface area contributed by atoms with Crippen molar-refractivity contribution >= 4 is 33.6 Å². The fourth-order valence-electron chi connectivity index (χ4n) is 2.08. The second-order valence-corrected chi connectivity index (χ2v) is 6.32. The number of carbonyl (C=O) groups is 1. The Hall–Kier alpha value is -2.84. The van der Waals surface area contributed by atoms with E-state index in [0.29, 0.717) is 18.0 Å². The number of nitrogens with two attached hydrogens (primary N) is 1. The second-order valence-electron chi connectivity index (χ2n) is 5.02. The second kappa shape index (κ2) is 8.32. The number of rotatable bonds is 7. The highest BCUT2D eigenvalue weighted by molar-refractivity contribution is 7.90. The van der Waals surface area contributed by atoms with E-state index in [2.05, 4.69) is 10.0 Å². The van der Waals surface area contributed by atoms with Crippen molar-refractivity contribution in [2.45, 2.75) is 6.92 Å². The van der Waals surface area contributed by atoms with E-state index >= 15 is 0 Å². The van der Waals surface area contributed by atoms with Crippen LogP contribution in [0, 0.1) is 0 Å². The van der Waals surface area contributed by atoms with Crippen LogP contribution in [0.15, 0.2) is 54.6 Å². The summed E-state index contributed by atoms with van der Waals surface area (Å²) in [6, 6.07) is 13.6. The Morgan fingerprint density at radius 3 is 2.60 bits per heavy atom. The molecule has 132 valence electrons. The Kier molecular flexibility index (Phi) is 6.15. The van der Waals surface area contributed by atoms with Gasteiger partial charge in [-0.3, -0.25) is 9.52 Å². The minimum Gasteiger partial charge on any atom is -0.493 e. The van der Waals surface area contributed by atoms with Gasteiger partial charge in [-0.05, 0) is 37.3 Å². The van der Waals surface area contributed by atoms with Gasteiger partial charge in [0, 0.05) is 17.3 Å². The van der Waals surface area contributed by atoms with Crippen molar-refractivity contribution in [3.05, 3.63) is 60.2 Å². The highest BCUT2D eigenvalue weighted by atomic mass is 32.2. The lowest BCUT2D eigenvalue weighted by molar-refractivity contribution is -0.111. The lowest BCUT2D eigenvalue weighted by Gasteiger charge is -2.07. The van der Waals surface area contributed by atoms with Gasteiger partial charge in [0.15, 0.2) is 0 Å². The third-order valence-corrected chi connectivity index (χ3v) is 3.54. The van der Waals surface area contributed by atoms with Crippen molar-refractivity contribution in [1.82, 2.24) is 0 Å². The standard InChI is InChI=1S/C17H19N3O4S/c1-2-24-16-9-4-3-6-13(16)10-11-17(21)19-14-7-5-8-15(12-14)20-25(18,22)23/h3-12,20H,2H2,1H3,(H,19,21)(H2,18,22,23). The number of ether oxygens (including phenoxy) is 1. The summed E-state index contributed by atoms with van der Waals surface area (Å²) in [7, 11) is -3.87. The van der Waals surface area contributed by atoms with E-state index in [1.165, 1.54) is 18.2 Å². The molecule has 0 fully saturated rings. The number of hydrogen-bond donors (Lipinski definition) is 3. The van der Waals surface area contributed by atoms with Crippen LogP contribution in [0.5, 0.6) is 5.75 Å². The van der Waals surface area contributed by atoms with Gasteiger partial charge in [-0.15, -0.1) is 0 Å². The Labute approximate surface area is 146 Å². The summed E-state index contributed by atoms with van der Waals surface area (Å²) in [4.78, 5) is 12.0. The number of nitrogens with one attached hydrogen (secondary N) is 2. The molecule has 25 heavy (non-hydrogen) atoms. The molecule has 4 N–H and O–H groups in total. The van der Waals surface area contributed by atoms with Gasteiger partial charge in [0.25, 0.3) is 10.2 Å². The molecule has 2 rings (SSSR count). The first-order chi connectivity index (χ1) is 11.9. The summed E-state index contributed by atoms with van der Waals surface area (Å²) in [5.74, 6) is 0.326. The Morgan fingerprint density at radius 1 is 1.16 bits per heavy atom. The maximum atomic E-state index is 12.0. The summed E-state index contributed by atoms with van der Waals surface area (Å²) >= 11 is 0. The van der Waals surface area contributed by atoms with Crippen LogP contribution in [0.25, 0.3) is 6.08 Å². The third-order valence-electron chi connectivity index (χ3n) is 3.02. The van der Waals surface area contributed by atoms with Gasteiger partial charge in [0.1, 0.15) is 5.75 Å². The molecule has 0 aliphatic carbocycles. The van der Waals surface area contributed by atoms with Crippen LogP contribution in [-0.4, -0.2) is 20.9 Å². The average Bonchev–Trinajstić information content (AvgIpc) is 2.53. The van der Waals surface area contributed by atoms with Gasteiger partial charge >= 0.3 is 0 Å². The number of para-hydroxylation sites is 1. The molecule has 2 aromatic carbocycles. The average molecular weight is 361 g/mol. The van der Waals surface area contributed by atoms with Gasteiger partial charge in [-0.25, -0.2) is 5.14 Å². The number of amides is 1. The molecule has 0 spiro atoms. The van der Waals surface area contributed by atoms with Gasteiger partial charge in [0.2, 0.25) is 5.91 Å². The molecule has 8 heteroatoms. The van der Waals surface area contributed by atoms with Crippen LogP contribution >= 0.6 is 0 Å². The summed E-state index contributed by atoms with van der Waals surface area (Å²) < 4.78 is 29.7. The first-order valence-electron chi connectivity index (χ1n) is 7.49. The van der Waals surface area contributed by atoms with E-state index < -0.39 is 10.2 Å².